The fourth-order valence-electron chi connectivity index (χ4n) is 3.93. The van der Waals surface area contributed by atoms with Gasteiger partial charge in [-0.25, -0.2) is 0 Å². The Morgan fingerprint density at radius 3 is 1.86 bits per heavy atom. The number of para-hydroxylation sites is 3. The summed E-state index contributed by atoms with van der Waals surface area (Å²) in [5.41, 5.74) is 4.62. The summed E-state index contributed by atoms with van der Waals surface area (Å²) < 4.78 is 5.52. The maximum atomic E-state index is 9.80. The molecule has 3 aromatic rings. The standard InChI is InChI=1S/2C12H16O.C10H15N/c1-3-7-11-8-5-6-9-12(11)13-10-4-2;1-3-6-10-8-5-9-11(7-4-2)12(10)13;1-3-11(4-2)10-8-6-5-7-9-10/h4-6,8-9H,2-3,7,10H2,1H3;3,5,8-9,13H,1,4,6-7H2,2H3;5-9H,3-4H2,1-2H3. The van der Waals surface area contributed by atoms with Crippen LogP contribution in [0.5, 0.6) is 11.5 Å². The van der Waals surface area contributed by atoms with Crippen molar-refractivity contribution in [1.82, 2.24) is 0 Å². The minimum absolute atomic E-state index is 0.448. The summed E-state index contributed by atoms with van der Waals surface area (Å²) in [6, 6.07) is 24.6. The lowest BCUT2D eigenvalue weighted by Crippen LogP contribution is -2.21. The SMILES string of the molecule is C=CCOc1ccccc1CCC.C=CCc1cccc(CCC)c1O.CCN(CC)c1ccccc1. The van der Waals surface area contributed by atoms with Gasteiger partial charge in [-0.05, 0) is 68.0 Å². The highest BCUT2D eigenvalue weighted by molar-refractivity contribution is 5.45. The number of nitrogens with zero attached hydrogens (tertiary/aromatic N) is 1. The Hall–Kier alpha value is -3.46. The van der Waals surface area contributed by atoms with Crippen molar-refractivity contribution in [1.29, 1.82) is 0 Å². The molecule has 0 aliphatic heterocycles. The van der Waals surface area contributed by atoms with E-state index in [9.17, 15) is 5.11 Å². The maximum absolute atomic E-state index is 9.80. The second-order valence-corrected chi connectivity index (χ2v) is 8.63. The predicted molar refractivity (Wildman–Crippen MR) is 162 cm³/mol. The minimum Gasteiger partial charge on any atom is -0.507 e. The monoisotopic (exact) mass is 501 g/mol. The zero-order chi connectivity index (χ0) is 27.3. The molecule has 200 valence electrons. The lowest BCUT2D eigenvalue weighted by molar-refractivity contribution is 0.359. The van der Waals surface area contributed by atoms with E-state index in [0.29, 0.717) is 12.4 Å². The van der Waals surface area contributed by atoms with Gasteiger partial charge in [0.25, 0.3) is 0 Å². The van der Waals surface area contributed by atoms with Crippen LogP contribution in [0.15, 0.2) is 98.1 Å². The van der Waals surface area contributed by atoms with Crippen molar-refractivity contribution < 1.29 is 9.84 Å². The highest BCUT2D eigenvalue weighted by atomic mass is 16.5. The van der Waals surface area contributed by atoms with E-state index < -0.39 is 0 Å². The molecule has 3 heteroatoms. The van der Waals surface area contributed by atoms with Crippen LogP contribution in [-0.4, -0.2) is 24.8 Å². The van der Waals surface area contributed by atoms with Crippen molar-refractivity contribution in [2.75, 3.05) is 24.6 Å². The summed E-state index contributed by atoms with van der Waals surface area (Å²) in [5.74, 6) is 1.44. The smallest absolute Gasteiger partial charge is 0.122 e. The van der Waals surface area contributed by atoms with Crippen molar-refractivity contribution in [2.24, 2.45) is 0 Å². The Morgan fingerprint density at radius 2 is 1.27 bits per heavy atom. The van der Waals surface area contributed by atoms with Crippen LogP contribution in [0.1, 0.15) is 57.2 Å². The molecule has 1 N–H and O–H groups in total. The van der Waals surface area contributed by atoms with E-state index in [1.807, 2.05) is 48.5 Å². The molecule has 0 saturated carbocycles. The minimum atomic E-state index is 0.448. The summed E-state index contributed by atoms with van der Waals surface area (Å²) in [4.78, 5) is 2.33. The van der Waals surface area contributed by atoms with Gasteiger partial charge in [0.05, 0.1) is 0 Å². The third-order valence-corrected chi connectivity index (χ3v) is 5.82. The van der Waals surface area contributed by atoms with E-state index in [1.54, 1.807) is 6.08 Å². The van der Waals surface area contributed by atoms with E-state index in [0.717, 1.165) is 62.1 Å². The molecular weight excluding hydrogens is 454 g/mol. The number of hydrogen-bond acceptors (Lipinski definition) is 3. The van der Waals surface area contributed by atoms with E-state index >= 15 is 0 Å². The quantitative estimate of drug-likeness (QED) is 0.252. The lowest BCUT2D eigenvalue weighted by Gasteiger charge is -2.20. The van der Waals surface area contributed by atoms with Crippen molar-refractivity contribution in [3.8, 4) is 11.5 Å². The van der Waals surface area contributed by atoms with Gasteiger partial charge in [-0.1, -0.05) is 100 Å². The van der Waals surface area contributed by atoms with E-state index in [2.05, 4.69) is 76.1 Å². The number of benzene rings is 3. The van der Waals surface area contributed by atoms with Crippen LogP contribution in [0.4, 0.5) is 5.69 Å². The van der Waals surface area contributed by atoms with Gasteiger partial charge in [-0.15, -0.1) is 6.58 Å². The number of allylic oxidation sites excluding steroid dienone is 1. The fourth-order valence-corrected chi connectivity index (χ4v) is 3.93. The Bertz CT molecular complexity index is 1010. The van der Waals surface area contributed by atoms with Crippen molar-refractivity contribution in [2.45, 2.75) is 59.8 Å². The first-order valence-electron chi connectivity index (χ1n) is 13.6. The van der Waals surface area contributed by atoms with Gasteiger partial charge in [0, 0.05) is 18.8 Å². The van der Waals surface area contributed by atoms with Crippen LogP contribution in [0.3, 0.4) is 0 Å². The number of hydrogen-bond donors (Lipinski definition) is 1. The number of ether oxygens (including phenoxy) is 1. The number of aryl methyl sites for hydroxylation is 2. The normalized spacial score (nSPS) is 9.73. The molecular formula is C34H47NO2. The number of rotatable bonds is 12. The number of phenols is 1. The first-order chi connectivity index (χ1) is 18.1. The van der Waals surface area contributed by atoms with Crippen LogP contribution < -0.4 is 9.64 Å². The third-order valence-electron chi connectivity index (χ3n) is 5.82. The molecule has 0 spiro atoms. The molecule has 0 fully saturated rings. The number of phenolic OH excluding ortho intramolecular Hbond substituents is 1. The summed E-state index contributed by atoms with van der Waals surface area (Å²) >= 11 is 0. The second kappa shape index (κ2) is 19.7. The second-order valence-electron chi connectivity index (χ2n) is 8.63. The van der Waals surface area contributed by atoms with Crippen LogP contribution in [-0.2, 0) is 19.3 Å². The zero-order valence-corrected chi connectivity index (χ0v) is 23.5. The summed E-state index contributed by atoms with van der Waals surface area (Å²) in [6.45, 7) is 18.7. The fraction of sp³-hybridized carbons (Fsp3) is 0.353. The summed E-state index contributed by atoms with van der Waals surface area (Å²) in [5, 5.41) is 9.80. The Kier molecular flexibility index (Phi) is 16.8. The molecule has 3 rings (SSSR count). The molecule has 0 radical (unpaired) electrons. The highest BCUT2D eigenvalue weighted by Crippen LogP contribution is 2.24. The summed E-state index contributed by atoms with van der Waals surface area (Å²) in [7, 11) is 0. The van der Waals surface area contributed by atoms with Crippen LogP contribution in [0.2, 0.25) is 0 Å². The molecule has 0 aliphatic carbocycles. The van der Waals surface area contributed by atoms with E-state index in [-0.39, 0.29) is 0 Å². The molecule has 0 amide bonds. The van der Waals surface area contributed by atoms with Gasteiger partial charge in [0.2, 0.25) is 0 Å². The van der Waals surface area contributed by atoms with Gasteiger partial charge < -0.3 is 14.7 Å². The molecule has 0 aliphatic rings. The Morgan fingerprint density at radius 1 is 0.703 bits per heavy atom. The van der Waals surface area contributed by atoms with Gasteiger partial charge in [0.1, 0.15) is 18.1 Å². The topological polar surface area (TPSA) is 32.7 Å². The molecule has 0 heterocycles. The average molecular weight is 502 g/mol. The molecule has 37 heavy (non-hydrogen) atoms. The molecule has 0 unspecified atom stereocenters. The first-order valence-corrected chi connectivity index (χ1v) is 13.6. The molecule has 3 nitrogen and oxygen atoms in total. The molecule has 3 aromatic carbocycles. The first kappa shape index (κ1) is 31.6. The van der Waals surface area contributed by atoms with Crippen molar-refractivity contribution >= 4 is 5.69 Å². The predicted octanol–water partition coefficient (Wildman–Crippen LogP) is 8.81. The van der Waals surface area contributed by atoms with Crippen molar-refractivity contribution in [3.05, 3.63) is 115 Å². The largest absolute Gasteiger partial charge is 0.507 e. The van der Waals surface area contributed by atoms with Crippen LogP contribution >= 0.6 is 0 Å². The van der Waals surface area contributed by atoms with Crippen LogP contribution in [0, 0.1) is 0 Å². The Labute approximate surface area is 226 Å². The molecule has 0 bridgehead atoms. The number of anilines is 1. The Balaban J connectivity index is 0.000000279. The third kappa shape index (κ3) is 11.9. The van der Waals surface area contributed by atoms with Crippen molar-refractivity contribution in [3.63, 3.8) is 0 Å². The van der Waals surface area contributed by atoms with Gasteiger partial charge in [0.15, 0.2) is 0 Å². The molecule has 0 saturated heterocycles. The summed E-state index contributed by atoms with van der Waals surface area (Å²) in [6.07, 6.45) is 8.54. The maximum Gasteiger partial charge on any atom is 0.122 e. The van der Waals surface area contributed by atoms with E-state index in [1.165, 1.54) is 11.3 Å². The zero-order valence-electron chi connectivity index (χ0n) is 23.5. The highest BCUT2D eigenvalue weighted by Gasteiger charge is 2.04. The van der Waals surface area contributed by atoms with E-state index in [4.69, 9.17) is 4.74 Å². The van der Waals surface area contributed by atoms with Crippen LogP contribution in [0.25, 0.3) is 0 Å². The van der Waals surface area contributed by atoms with Gasteiger partial charge in [-0.3, -0.25) is 0 Å². The lowest BCUT2D eigenvalue weighted by atomic mass is 10.0. The molecule has 0 aromatic heterocycles. The average Bonchev–Trinajstić information content (AvgIpc) is 2.93. The van der Waals surface area contributed by atoms with Gasteiger partial charge >= 0.3 is 0 Å². The number of aromatic hydroxyl groups is 1. The van der Waals surface area contributed by atoms with Gasteiger partial charge in [-0.2, -0.15) is 0 Å². The molecule has 0 atom stereocenters.